The van der Waals surface area contributed by atoms with Crippen LogP contribution in [0.4, 0.5) is 0 Å². The summed E-state index contributed by atoms with van der Waals surface area (Å²) in [5.74, 6) is -0.307. The molecule has 4 atom stereocenters. The van der Waals surface area contributed by atoms with Gasteiger partial charge >= 0.3 is 0 Å². The van der Waals surface area contributed by atoms with Crippen LogP contribution in [-0.2, 0) is 23.9 Å². The zero-order chi connectivity index (χ0) is 13.6. The highest BCUT2D eigenvalue weighted by Crippen LogP contribution is 2.44. The Morgan fingerprint density at radius 3 is 1.63 bits per heavy atom. The highest BCUT2D eigenvalue weighted by atomic mass is 16.5. The molecule has 0 aromatic carbocycles. The molecule has 1 saturated heterocycles. The van der Waals surface area contributed by atoms with Gasteiger partial charge in [0.25, 0.3) is 0 Å². The van der Waals surface area contributed by atoms with Gasteiger partial charge in [0.15, 0.2) is 11.6 Å². The van der Waals surface area contributed by atoms with Crippen LogP contribution in [0.25, 0.3) is 0 Å². The van der Waals surface area contributed by atoms with Crippen LogP contribution in [0.2, 0.25) is 0 Å². The van der Waals surface area contributed by atoms with E-state index in [0.717, 1.165) is 0 Å². The molecule has 4 unspecified atom stereocenters. The number of rotatable bonds is 0. The Balaban J connectivity index is 0.000000136. The van der Waals surface area contributed by atoms with Gasteiger partial charge in [-0.25, -0.2) is 0 Å². The van der Waals surface area contributed by atoms with Crippen molar-refractivity contribution in [2.24, 2.45) is 11.8 Å². The minimum absolute atomic E-state index is 0.0712. The SMILES string of the molecule is O=C1C=CC(=O)C1.O=C1CC(=O)C2C3C=CC(O3)C12. The molecule has 5 nitrogen and oxygen atoms in total. The second kappa shape index (κ2) is 4.35. The van der Waals surface area contributed by atoms with Crippen molar-refractivity contribution >= 4 is 23.1 Å². The van der Waals surface area contributed by atoms with Crippen LogP contribution in [0.3, 0.4) is 0 Å². The van der Waals surface area contributed by atoms with Gasteiger partial charge in [-0.1, -0.05) is 12.2 Å². The average Bonchev–Trinajstić information content (AvgIpc) is 3.07. The third-order valence-corrected chi connectivity index (χ3v) is 3.80. The van der Waals surface area contributed by atoms with Gasteiger partial charge < -0.3 is 4.74 Å². The third-order valence-electron chi connectivity index (χ3n) is 3.80. The van der Waals surface area contributed by atoms with Crippen LogP contribution >= 0.6 is 0 Å². The first-order valence-electron chi connectivity index (χ1n) is 6.19. The van der Waals surface area contributed by atoms with Crippen LogP contribution < -0.4 is 0 Å². The molecule has 2 aliphatic heterocycles. The van der Waals surface area contributed by atoms with Gasteiger partial charge in [-0.05, 0) is 12.2 Å². The molecule has 5 heteroatoms. The molecule has 4 rings (SSSR count). The smallest absolute Gasteiger partial charge is 0.163 e. The van der Waals surface area contributed by atoms with E-state index < -0.39 is 0 Å². The number of ketones is 4. The van der Waals surface area contributed by atoms with E-state index in [9.17, 15) is 19.2 Å². The summed E-state index contributed by atoms with van der Waals surface area (Å²) >= 11 is 0. The summed E-state index contributed by atoms with van der Waals surface area (Å²) in [5, 5.41) is 0. The lowest BCUT2D eigenvalue weighted by molar-refractivity contribution is -0.125. The lowest BCUT2D eigenvalue weighted by Gasteiger charge is -2.12. The molecule has 0 spiro atoms. The number of carbonyl (C=O) groups excluding carboxylic acids is 4. The first-order valence-corrected chi connectivity index (χ1v) is 6.19. The lowest BCUT2D eigenvalue weighted by Crippen LogP contribution is -2.26. The van der Waals surface area contributed by atoms with E-state index >= 15 is 0 Å². The molecule has 98 valence electrons. The normalized spacial score (nSPS) is 37.9. The van der Waals surface area contributed by atoms with Crippen molar-refractivity contribution in [1.82, 2.24) is 0 Å². The second-order valence-corrected chi connectivity index (χ2v) is 5.05. The molecule has 0 N–H and O–H groups in total. The third kappa shape index (κ3) is 2.00. The second-order valence-electron chi connectivity index (χ2n) is 5.05. The Morgan fingerprint density at radius 1 is 0.789 bits per heavy atom. The molecule has 4 aliphatic rings. The van der Waals surface area contributed by atoms with E-state index in [4.69, 9.17) is 4.74 Å². The predicted molar refractivity (Wildman–Crippen MR) is 63.2 cm³/mol. The maximum absolute atomic E-state index is 11.3. The van der Waals surface area contributed by atoms with Gasteiger partial charge in [0.1, 0.15) is 11.6 Å². The number of Topliss-reactive ketones (excluding diaryl/α,β-unsaturated/α-hetero) is 2. The van der Waals surface area contributed by atoms with Crippen molar-refractivity contribution in [2.75, 3.05) is 0 Å². The van der Waals surface area contributed by atoms with Crippen molar-refractivity contribution < 1.29 is 23.9 Å². The van der Waals surface area contributed by atoms with Gasteiger partial charge in [-0.15, -0.1) is 0 Å². The summed E-state index contributed by atoms with van der Waals surface area (Å²) in [4.78, 5) is 42.9. The van der Waals surface area contributed by atoms with Crippen LogP contribution in [-0.4, -0.2) is 35.3 Å². The molecule has 2 aliphatic carbocycles. The summed E-state index contributed by atoms with van der Waals surface area (Å²) in [7, 11) is 0. The average molecular weight is 260 g/mol. The van der Waals surface area contributed by atoms with Gasteiger partial charge in [0, 0.05) is 0 Å². The quantitative estimate of drug-likeness (QED) is 0.458. The lowest BCUT2D eigenvalue weighted by atomic mass is 9.85. The van der Waals surface area contributed by atoms with Crippen LogP contribution in [0, 0.1) is 11.8 Å². The van der Waals surface area contributed by atoms with E-state index in [1.54, 1.807) is 0 Å². The molecule has 2 fully saturated rings. The molecular formula is C14H12O5. The number of fused-ring (bicyclic) bond motifs is 5. The Hall–Kier alpha value is -1.88. The monoisotopic (exact) mass is 260 g/mol. The van der Waals surface area contributed by atoms with E-state index in [-0.39, 0.29) is 60.0 Å². The number of allylic oxidation sites excluding steroid dienone is 2. The van der Waals surface area contributed by atoms with Crippen molar-refractivity contribution in [1.29, 1.82) is 0 Å². The topological polar surface area (TPSA) is 77.5 Å². The number of ether oxygens (including phenoxy) is 1. The van der Waals surface area contributed by atoms with E-state index in [0.29, 0.717) is 0 Å². The zero-order valence-corrected chi connectivity index (χ0v) is 10.1. The fourth-order valence-electron chi connectivity index (χ4n) is 2.96. The van der Waals surface area contributed by atoms with Crippen molar-refractivity contribution in [3.05, 3.63) is 24.3 Å². The summed E-state index contributed by atoms with van der Waals surface area (Å²) in [6, 6.07) is 0. The number of hydrogen-bond acceptors (Lipinski definition) is 5. The van der Waals surface area contributed by atoms with Crippen molar-refractivity contribution in [3.63, 3.8) is 0 Å². The molecule has 1 saturated carbocycles. The van der Waals surface area contributed by atoms with Crippen LogP contribution in [0.1, 0.15) is 12.8 Å². The van der Waals surface area contributed by atoms with Crippen molar-refractivity contribution in [2.45, 2.75) is 25.0 Å². The highest BCUT2D eigenvalue weighted by Gasteiger charge is 2.56. The van der Waals surface area contributed by atoms with Crippen LogP contribution in [0.15, 0.2) is 24.3 Å². The maximum Gasteiger partial charge on any atom is 0.163 e. The first-order chi connectivity index (χ1) is 9.06. The summed E-state index contributed by atoms with van der Waals surface area (Å²) in [6.07, 6.45) is 6.45. The molecule has 0 amide bonds. The molecule has 2 heterocycles. The Morgan fingerprint density at radius 2 is 1.26 bits per heavy atom. The summed E-state index contributed by atoms with van der Waals surface area (Å²) in [6.45, 7) is 0. The van der Waals surface area contributed by atoms with Gasteiger partial charge in [-0.2, -0.15) is 0 Å². The number of hydrogen-bond donors (Lipinski definition) is 0. The van der Waals surface area contributed by atoms with E-state index in [1.165, 1.54) is 12.2 Å². The Bertz CT molecular complexity index is 498. The predicted octanol–water partition coefficient (Wildman–Crippen LogP) is 0.182. The van der Waals surface area contributed by atoms with Crippen molar-refractivity contribution in [3.8, 4) is 0 Å². The van der Waals surface area contributed by atoms with E-state index in [1.807, 2.05) is 12.2 Å². The highest BCUT2D eigenvalue weighted by molar-refractivity contribution is 6.16. The maximum atomic E-state index is 11.3. The minimum Gasteiger partial charge on any atom is -0.365 e. The number of carbonyl (C=O) groups is 4. The zero-order valence-electron chi connectivity index (χ0n) is 10.1. The first kappa shape index (κ1) is 12.2. The summed E-state index contributed by atoms with van der Waals surface area (Å²) < 4.78 is 5.43. The van der Waals surface area contributed by atoms with Gasteiger partial charge in [0.05, 0.1) is 36.9 Å². The largest absolute Gasteiger partial charge is 0.365 e. The van der Waals surface area contributed by atoms with Gasteiger partial charge in [0.2, 0.25) is 0 Å². The molecule has 0 aromatic heterocycles. The summed E-state index contributed by atoms with van der Waals surface area (Å²) in [5.41, 5.74) is 0. The standard InChI is InChI=1S/C9H8O3.C5H4O2/c10-4-3-5(11)9-7-2-1-6(12-7)8(4)9;6-4-1-2-5(7)3-4/h1-2,6-9H,3H2;1-2H,3H2. The molecule has 2 bridgehead atoms. The van der Waals surface area contributed by atoms with Crippen LogP contribution in [0.5, 0.6) is 0 Å². The minimum atomic E-state index is -0.146. The molecule has 0 aromatic rings. The Labute approximate surface area is 109 Å². The fourth-order valence-corrected chi connectivity index (χ4v) is 2.96. The fraction of sp³-hybridized carbons (Fsp3) is 0.429. The molecule has 0 radical (unpaired) electrons. The molecular weight excluding hydrogens is 248 g/mol. The van der Waals surface area contributed by atoms with E-state index in [2.05, 4.69) is 0 Å². The van der Waals surface area contributed by atoms with Gasteiger partial charge in [-0.3, -0.25) is 19.2 Å². The molecule has 19 heavy (non-hydrogen) atoms. The Kier molecular flexibility index (Phi) is 2.78.